The number of halogens is 6. The van der Waals surface area contributed by atoms with Crippen LogP contribution < -0.4 is 0 Å². The number of rotatable bonds is 1. The van der Waals surface area contributed by atoms with Crippen LogP contribution >= 0.6 is 0 Å². The molecule has 0 aromatic carbocycles. The van der Waals surface area contributed by atoms with Crippen molar-refractivity contribution in [3.63, 3.8) is 0 Å². The van der Waals surface area contributed by atoms with E-state index in [9.17, 15) is 26.3 Å². The molecule has 0 atom stereocenters. The second-order valence-corrected chi connectivity index (χ2v) is 4.27. The van der Waals surface area contributed by atoms with Gasteiger partial charge in [0.2, 0.25) is 5.92 Å². The van der Waals surface area contributed by atoms with Crippen LogP contribution in [0, 0.1) is 0 Å². The predicted octanol–water partition coefficient (Wildman–Crippen LogP) is 3.50. The molecule has 18 heavy (non-hydrogen) atoms. The largest absolute Gasteiger partial charge is 0.407 e. The van der Waals surface area contributed by atoms with Crippen LogP contribution in [-0.4, -0.2) is 22.3 Å². The van der Waals surface area contributed by atoms with Crippen LogP contribution in [0.3, 0.4) is 0 Å². The van der Waals surface area contributed by atoms with Gasteiger partial charge in [0.05, 0.1) is 5.69 Å². The Morgan fingerprint density at radius 3 is 2.00 bits per heavy atom. The third-order valence-corrected chi connectivity index (χ3v) is 2.90. The molecular weight excluding hydrogens is 262 g/mol. The van der Waals surface area contributed by atoms with E-state index in [-0.39, 0.29) is 0 Å². The summed E-state index contributed by atoms with van der Waals surface area (Å²) in [6, 6.07) is 0. The van der Waals surface area contributed by atoms with Crippen molar-refractivity contribution in [3.05, 3.63) is 17.2 Å². The highest BCUT2D eigenvalue weighted by Crippen LogP contribution is 2.45. The highest BCUT2D eigenvalue weighted by Gasteiger charge is 2.59. The first kappa shape index (κ1) is 13.2. The minimum atomic E-state index is -5.39. The van der Waals surface area contributed by atoms with Crippen molar-refractivity contribution < 1.29 is 26.3 Å². The van der Waals surface area contributed by atoms with Crippen LogP contribution in [0.1, 0.15) is 36.0 Å². The summed E-state index contributed by atoms with van der Waals surface area (Å²) in [6.07, 6.45) is -8.42. The average Bonchev–Trinajstić information content (AvgIpc) is 2.54. The van der Waals surface area contributed by atoms with Crippen LogP contribution in [0.25, 0.3) is 0 Å². The third-order valence-electron chi connectivity index (χ3n) is 2.90. The summed E-state index contributed by atoms with van der Waals surface area (Å²) in [7, 11) is 0. The van der Waals surface area contributed by atoms with Crippen LogP contribution in [0.15, 0.2) is 0 Å². The number of alkyl halides is 6. The molecular formula is C10H10F6N2. The van der Waals surface area contributed by atoms with Crippen LogP contribution in [0.5, 0.6) is 0 Å². The van der Waals surface area contributed by atoms with E-state index in [0.717, 1.165) is 12.8 Å². The minimum absolute atomic E-state index is 0.328. The highest BCUT2D eigenvalue weighted by atomic mass is 19.4. The van der Waals surface area contributed by atoms with Gasteiger partial charge in [-0.25, -0.2) is 4.98 Å². The SMILES string of the molecule is FC(F)(F)C(c1nc2c([nH]1)CCCC2)C(F)(F)F. The molecule has 0 radical (unpaired) electrons. The van der Waals surface area contributed by atoms with Gasteiger partial charge in [-0.3, -0.25) is 0 Å². The number of aryl methyl sites for hydroxylation is 2. The maximum atomic E-state index is 12.5. The molecule has 8 heteroatoms. The van der Waals surface area contributed by atoms with Gasteiger partial charge in [-0.15, -0.1) is 0 Å². The fourth-order valence-electron chi connectivity index (χ4n) is 2.11. The van der Waals surface area contributed by atoms with Crippen molar-refractivity contribution >= 4 is 0 Å². The highest BCUT2D eigenvalue weighted by molar-refractivity contribution is 5.21. The van der Waals surface area contributed by atoms with E-state index in [1.54, 1.807) is 0 Å². The van der Waals surface area contributed by atoms with Gasteiger partial charge in [0.15, 0.2) is 0 Å². The predicted molar refractivity (Wildman–Crippen MR) is 50.1 cm³/mol. The van der Waals surface area contributed by atoms with Gasteiger partial charge in [0, 0.05) is 5.69 Å². The summed E-state index contributed by atoms with van der Waals surface area (Å²) >= 11 is 0. The lowest BCUT2D eigenvalue weighted by molar-refractivity contribution is -0.255. The Morgan fingerprint density at radius 1 is 0.944 bits per heavy atom. The Hall–Kier alpha value is -1.21. The van der Waals surface area contributed by atoms with E-state index >= 15 is 0 Å². The summed E-state index contributed by atoms with van der Waals surface area (Å²) in [6.45, 7) is 0. The Kier molecular flexibility index (Phi) is 3.06. The molecule has 1 aromatic heterocycles. The lowest BCUT2D eigenvalue weighted by Crippen LogP contribution is -2.35. The zero-order chi connectivity index (χ0) is 13.6. The summed E-state index contributed by atoms with van der Waals surface area (Å²) < 4.78 is 74.9. The van der Waals surface area contributed by atoms with Gasteiger partial charge in [0.25, 0.3) is 0 Å². The van der Waals surface area contributed by atoms with Crippen molar-refractivity contribution in [2.45, 2.75) is 44.0 Å². The number of hydrogen-bond donors (Lipinski definition) is 1. The number of aromatic nitrogens is 2. The summed E-state index contributed by atoms with van der Waals surface area (Å²) in [4.78, 5) is 5.68. The fraction of sp³-hybridized carbons (Fsp3) is 0.700. The fourth-order valence-corrected chi connectivity index (χ4v) is 2.11. The van der Waals surface area contributed by atoms with Crippen LogP contribution in [-0.2, 0) is 12.8 Å². The van der Waals surface area contributed by atoms with Gasteiger partial charge in [-0.2, -0.15) is 26.3 Å². The first-order chi connectivity index (χ1) is 8.19. The lowest BCUT2D eigenvalue weighted by Gasteiger charge is -2.20. The summed E-state index contributed by atoms with van der Waals surface area (Å²) in [5.74, 6) is -4.57. The van der Waals surface area contributed by atoms with E-state index in [1.165, 1.54) is 0 Å². The second-order valence-electron chi connectivity index (χ2n) is 4.27. The number of H-pyrrole nitrogens is 1. The molecule has 0 unspecified atom stereocenters. The van der Waals surface area contributed by atoms with Gasteiger partial charge in [0.1, 0.15) is 5.82 Å². The molecule has 0 saturated heterocycles. The molecule has 0 saturated carbocycles. The van der Waals surface area contributed by atoms with Gasteiger partial charge < -0.3 is 4.98 Å². The molecule has 0 bridgehead atoms. The minimum Gasteiger partial charge on any atom is -0.345 e. The van der Waals surface area contributed by atoms with Crippen molar-refractivity contribution in [1.82, 2.24) is 9.97 Å². The topological polar surface area (TPSA) is 28.7 Å². The summed E-state index contributed by atoms with van der Waals surface area (Å²) in [5.41, 5.74) is 0.726. The van der Waals surface area contributed by atoms with Crippen molar-refractivity contribution in [2.75, 3.05) is 0 Å². The first-order valence-electron chi connectivity index (χ1n) is 5.40. The molecule has 2 nitrogen and oxygen atoms in total. The molecule has 2 rings (SSSR count). The average molecular weight is 272 g/mol. The Balaban J connectivity index is 2.40. The monoisotopic (exact) mass is 272 g/mol. The van der Waals surface area contributed by atoms with E-state index in [4.69, 9.17) is 0 Å². The number of nitrogens with one attached hydrogen (secondary N) is 1. The number of imidazole rings is 1. The number of hydrogen-bond acceptors (Lipinski definition) is 1. The van der Waals surface area contributed by atoms with Crippen LogP contribution in [0.4, 0.5) is 26.3 Å². The smallest absolute Gasteiger partial charge is 0.345 e. The summed E-state index contributed by atoms with van der Waals surface area (Å²) in [5, 5.41) is 0. The maximum Gasteiger partial charge on any atom is 0.407 e. The molecule has 0 aliphatic heterocycles. The molecule has 0 spiro atoms. The normalized spacial score (nSPS) is 17.1. The van der Waals surface area contributed by atoms with Gasteiger partial charge >= 0.3 is 12.4 Å². The van der Waals surface area contributed by atoms with E-state index in [0.29, 0.717) is 24.2 Å². The van der Waals surface area contributed by atoms with Crippen molar-refractivity contribution in [2.24, 2.45) is 0 Å². The number of fused-ring (bicyclic) bond motifs is 1. The lowest BCUT2D eigenvalue weighted by atomic mass is 10.0. The molecule has 0 fully saturated rings. The van der Waals surface area contributed by atoms with E-state index < -0.39 is 24.1 Å². The van der Waals surface area contributed by atoms with E-state index in [2.05, 4.69) is 9.97 Å². The first-order valence-corrected chi connectivity index (χ1v) is 5.40. The van der Waals surface area contributed by atoms with Crippen molar-refractivity contribution in [1.29, 1.82) is 0 Å². The quantitative estimate of drug-likeness (QED) is 0.779. The molecule has 1 N–H and O–H groups in total. The molecule has 0 amide bonds. The standard InChI is InChI=1S/C10H10F6N2/c11-9(12,13)7(10(14,15)16)8-17-5-3-1-2-4-6(5)18-8/h7H,1-4H2,(H,17,18). The Morgan fingerprint density at radius 2 is 1.50 bits per heavy atom. The van der Waals surface area contributed by atoms with E-state index in [1.807, 2.05) is 0 Å². The van der Waals surface area contributed by atoms with Gasteiger partial charge in [-0.1, -0.05) is 0 Å². The molecule has 1 aliphatic carbocycles. The number of aromatic amines is 1. The second kappa shape index (κ2) is 4.17. The Bertz CT molecular complexity index is 393. The zero-order valence-corrected chi connectivity index (χ0v) is 9.12. The molecule has 1 heterocycles. The van der Waals surface area contributed by atoms with Gasteiger partial charge in [-0.05, 0) is 25.7 Å². The molecule has 102 valence electrons. The van der Waals surface area contributed by atoms with Crippen molar-refractivity contribution in [3.8, 4) is 0 Å². The number of nitrogens with zero attached hydrogens (tertiary/aromatic N) is 1. The maximum absolute atomic E-state index is 12.5. The van der Waals surface area contributed by atoms with Crippen LogP contribution in [0.2, 0.25) is 0 Å². The zero-order valence-electron chi connectivity index (χ0n) is 9.12. The molecule has 1 aliphatic rings. The Labute approximate surface area is 98.4 Å². The third kappa shape index (κ3) is 2.46. The molecule has 1 aromatic rings.